The second-order valence-corrected chi connectivity index (χ2v) is 7.21. The van der Waals surface area contributed by atoms with Gasteiger partial charge in [-0.1, -0.05) is 41.9 Å². The van der Waals surface area contributed by atoms with E-state index < -0.39 is 0 Å². The van der Waals surface area contributed by atoms with Crippen LogP contribution in [0.4, 0.5) is 0 Å². The minimum Gasteiger partial charge on any atom is -0.349 e. The van der Waals surface area contributed by atoms with E-state index in [2.05, 4.69) is 9.88 Å². The van der Waals surface area contributed by atoms with E-state index in [1.807, 2.05) is 60.8 Å². The van der Waals surface area contributed by atoms with Crippen LogP contribution in [-0.4, -0.2) is 16.5 Å². The van der Waals surface area contributed by atoms with Gasteiger partial charge in [0.05, 0.1) is 0 Å². The molecule has 3 aromatic rings. The first-order valence-corrected chi connectivity index (χ1v) is 9.27. The summed E-state index contributed by atoms with van der Waals surface area (Å²) in [5.41, 5.74) is 3.12. The van der Waals surface area contributed by atoms with Gasteiger partial charge in [0.15, 0.2) is 0 Å². The molecule has 0 atom stereocenters. The van der Waals surface area contributed by atoms with Gasteiger partial charge in [0, 0.05) is 40.3 Å². The van der Waals surface area contributed by atoms with Crippen molar-refractivity contribution in [2.45, 2.75) is 25.4 Å². The molecule has 1 heterocycles. The van der Waals surface area contributed by atoms with Crippen LogP contribution in [0, 0.1) is 11.3 Å². The Morgan fingerprint density at radius 1 is 1.26 bits per heavy atom. The first kappa shape index (κ1) is 17.4. The maximum absolute atomic E-state index is 12.3. The first-order chi connectivity index (χ1) is 13.1. The Morgan fingerprint density at radius 3 is 2.81 bits per heavy atom. The smallest absolute Gasteiger partial charge is 0.262 e. The zero-order valence-electron chi connectivity index (χ0n) is 14.7. The molecule has 1 aliphatic carbocycles. The summed E-state index contributed by atoms with van der Waals surface area (Å²) in [5, 5.41) is 14.0. The predicted molar refractivity (Wildman–Crippen MR) is 107 cm³/mol. The molecule has 27 heavy (non-hydrogen) atoms. The van der Waals surface area contributed by atoms with E-state index in [4.69, 9.17) is 11.6 Å². The number of aromatic nitrogens is 1. The third kappa shape index (κ3) is 3.89. The summed E-state index contributed by atoms with van der Waals surface area (Å²) < 4.78 is 2.11. The Labute approximate surface area is 162 Å². The summed E-state index contributed by atoms with van der Waals surface area (Å²) in [6, 6.07) is 18.0. The number of nitrogens with zero attached hydrogens (tertiary/aromatic N) is 2. The average molecular weight is 376 g/mol. The van der Waals surface area contributed by atoms with Crippen LogP contribution < -0.4 is 5.32 Å². The van der Waals surface area contributed by atoms with Crippen LogP contribution in [0.2, 0.25) is 5.02 Å². The van der Waals surface area contributed by atoms with Crippen molar-refractivity contribution >= 4 is 34.5 Å². The molecule has 1 amide bonds. The van der Waals surface area contributed by atoms with Crippen molar-refractivity contribution in [2.75, 3.05) is 0 Å². The Bertz CT molecular complexity index is 1090. The molecule has 1 aromatic heterocycles. The highest BCUT2D eigenvalue weighted by Crippen LogP contribution is 2.25. The molecule has 2 aromatic carbocycles. The lowest BCUT2D eigenvalue weighted by atomic mass is 10.1. The number of fused-ring (bicyclic) bond motifs is 1. The number of rotatable bonds is 5. The van der Waals surface area contributed by atoms with E-state index in [-0.39, 0.29) is 17.5 Å². The lowest BCUT2D eigenvalue weighted by molar-refractivity contribution is -0.117. The molecule has 0 bridgehead atoms. The van der Waals surface area contributed by atoms with Gasteiger partial charge in [-0.25, -0.2) is 0 Å². The second kappa shape index (κ2) is 7.30. The molecule has 4 nitrogen and oxygen atoms in total. The SMILES string of the molecule is N#C/C(=C\c1cn(Cc2cccc(Cl)c2)c2ccccc12)C(=O)NC1CC1. The highest BCUT2D eigenvalue weighted by molar-refractivity contribution is 6.30. The summed E-state index contributed by atoms with van der Waals surface area (Å²) in [6.45, 7) is 0.658. The van der Waals surface area contributed by atoms with Gasteiger partial charge >= 0.3 is 0 Å². The van der Waals surface area contributed by atoms with Gasteiger partial charge in [0.2, 0.25) is 0 Å². The van der Waals surface area contributed by atoms with E-state index in [0.717, 1.165) is 34.9 Å². The molecule has 0 radical (unpaired) electrons. The van der Waals surface area contributed by atoms with E-state index in [0.29, 0.717) is 11.6 Å². The van der Waals surface area contributed by atoms with Gasteiger partial charge in [-0.15, -0.1) is 0 Å². The van der Waals surface area contributed by atoms with Crippen LogP contribution in [0.25, 0.3) is 17.0 Å². The van der Waals surface area contributed by atoms with Crippen molar-refractivity contribution < 1.29 is 4.79 Å². The number of carbonyl (C=O) groups is 1. The molecule has 4 rings (SSSR count). The third-order valence-corrected chi connectivity index (χ3v) is 4.87. The normalized spacial score (nSPS) is 14.1. The Balaban J connectivity index is 1.72. The lowest BCUT2D eigenvalue weighted by Crippen LogP contribution is -2.26. The molecule has 134 valence electrons. The molecule has 5 heteroatoms. The molecule has 0 saturated heterocycles. The predicted octanol–water partition coefficient (Wildman–Crippen LogP) is 4.53. The number of carbonyl (C=O) groups excluding carboxylic acids is 1. The minimum absolute atomic E-state index is 0.132. The molecule has 0 spiro atoms. The molecule has 1 fully saturated rings. The van der Waals surface area contributed by atoms with Crippen molar-refractivity contribution in [1.82, 2.24) is 9.88 Å². The summed E-state index contributed by atoms with van der Waals surface area (Å²) >= 11 is 6.10. The van der Waals surface area contributed by atoms with Crippen molar-refractivity contribution in [3.8, 4) is 6.07 Å². The van der Waals surface area contributed by atoms with Crippen LogP contribution in [0.15, 0.2) is 60.3 Å². The van der Waals surface area contributed by atoms with Crippen LogP contribution in [-0.2, 0) is 11.3 Å². The van der Waals surface area contributed by atoms with Crippen molar-refractivity contribution in [1.29, 1.82) is 5.26 Å². The number of benzene rings is 2. The van der Waals surface area contributed by atoms with Gasteiger partial charge in [-0.05, 0) is 42.7 Å². The van der Waals surface area contributed by atoms with Crippen LogP contribution in [0.1, 0.15) is 24.0 Å². The monoisotopic (exact) mass is 375 g/mol. The summed E-state index contributed by atoms with van der Waals surface area (Å²) in [4.78, 5) is 12.3. The number of amides is 1. The number of nitrogens with one attached hydrogen (secondary N) is 1. The van der Waals surface area contributed by atoms with Gasteiger partial charge in [0.25, 0.3) is 5.91 Å². The Morgan fingerprint density at radius 2 is 2.07 bits per heavy atom. The topological polar surface area (TPSA) is 57.8 Å². The zero-order chi connectivity index (χ0) is 18.8. The minimum atomic E-state index is -0.299. The first-order valence-electron chi connectivity index (χ1n) is 8.89. The second-order valence-electron chi connectivity index (χ2n) is 6.78. The average Bonchev–Trinajstić information content (AvgIpc) is 3.41. The number of nitriles is 1. The summed E-state index contributed by atoms with van der Waals surface area (Å²) in [5.74, 6) is -0.299. The van der Waals surface area contributed by atoms with Gasteiger partial charge in [0.1, 0.15) is 11.6 Å². The zero-order valence-corrected chi connectivity index (χ0v) is 15.4. The Hall–Kier alpha value is -3.03. The summed E-state index contributed by atoms with van der Waals surface area (Å²) in [6.07, 6.45) is 5.63. The van der Waals surface area contributed by atoms with E-state index in [9.17, 15) is 10.1 Å². The van der Waals surface area contributed by atoms with Crippen molar-refractivity contribution in [2.24, 2.45) is 0 Å². The molecule has 0 unspecified atom stereocenters. The summed E-state index contributed by atoms with van der Waals surface area (Å²) in [7, 11) is 0. The van der Waals surface area contributed by atoms with Crippen LogP contribution in [0.3, 0.4) is 0 Å². The maximum atomic E-state index is 12.3. The fourth-order valence-electron chi connectivity index (χ4n) is 3.15. The van der Waals surface area contributed by atoms with Crippen LogP contribution >= 0.6 is 11.6 Å². The fourth-order valence-corrected chi connectivity index (χ4v) is 3.36. The van der Waals surface area contributed by atoms with E-state index in [1.54, 1.807) is 6.08 Å². The number of hydrogen-bond acceptors (Lipinski definition) is 2. The number of hydrogen-bond donors (Lipinski definition) is 1. The molecular weight excluding hydrogens is 358 g/mol. The van der Waals surface area contributed by atoms with Gasteiger partial charge in [-0.2, -0.15) is 5.26 Å². The maximum Gasteiger partial charge on any atom is 0.262 e. The van der Waals surface area contributed by atoms with E-state index in [1.165, 1.54) is 0 Å². The van der Waals surface area contributed by atoms with Gasteiger partial charge in [-0.3, -0.25) is 4.79 Å². The van der Waals surface area contributed by atoms with Gasteiger partial charge < -0.3 is 9.88 Å². The van der Waals surface area contributed by atoms with Crippen LogP contribution in [0.5, 0.6) is 0 Å². The molecule has 1 aliphatic rings. The largest absolute Gasteiger partial charge is 0.349 e. The molecule has 1 N–H and O–H groups in total. The molecule has 0 aliphatic heterocycles. The Kier molecular flexibility index (Phi) is 4.70. The van der Waals surface area contributed by atoms with Crippen molar-refractivity contribution in [3.63, 3.8) is 0 Å². The highest BCUT2D eigenvalue weighted by Gasteiger charge is 2.24. The number of para-hydroxylation sites is 1. The quantitative estimate of drug-likeness (QED) is 0.526. The standard InChI is InChI=1S/C22H18ClN3O/c23-18-5-3-4-15(10-18)13-26-14-17(20-6-1-2-7-21(20)26)11-16(12-24)22(27)25-19-8-9-19/h1-7,10-11,14,19H,8-9,13H2,(H,25,27)/b16-11+. The highest BCUT2D eigenvalue weighted by atomic mass is 35.5. The third-order valence-electron chi connectivity index (χ3n) is 4.64. The molecule has 1 saturated carbocycles. The lowest BCUT2D eigenvalue weighted by Gasteiger charge is -2.05. The van der Waals surface area contributed by atoms with Crippen molar-refractivity contribution in [3.05, 3.63) is 76.5 Å². The van der Waals surface area contributed by atoms with E-state index >= 15 is 0 Å². The number of halogens is 1. The fraction of sp³-hybridized carbons (Fsp3) is 0.182. The molecular formula is C22H18ClN3O.